The molecule has 1 aliphatic heterocycles. The second kappa shape index (κ2) is 7.10. The van der Waals surface area contributed by atoms with E-state index in [1.807, 2.05) is 0 Å². The molecule has 0 unspecified atom stereocenters. The van der Waals surface area contributed by atoms with Crippen LogP contribution in [0.25, 0.3) is 0 Å². The Morgan fingerprint density at radius 2 is 2.21 bits per heavy atom. The topological polar surface area (TPSA) is 62.4 Å². The second-order valence-corrected chi connectivity index (χ2v) is 5.74. The lowest BCUT2D eigenvalue weighted by Crippen LogP contribution is -2.54. The summed E-state index contributed by atoms with van der Waals surface area (Å²) in [5.41, 5.74) is 0.0368. The summed E-state index contributed by atoms with van der Waals surface area (Å²) in [7, 11) is 0. The molecule has 0 aromatic heterocycles. The van der Waals surface area contributed by atoms with Crippen LogP contribution in [0.4, 0.5) is 4.79 Å². The number of nitrogens with one attached hydrogen (secondary N) is 3. The lowest BCUT2D eigenvalue weighted by Gasteiger charge is -2.42. The summed E-state index contributed by atoms with van der Waals surface area (Å²) in [6.07, 6.45) is 6.27. The van der Waals surface area contributed by atoms with Crippen LogP contribution in [0.1, 0.15) is 45.4 Å². The summed E-state index contributed by atoms with van der Waals surface area (Å²) in [5, 5.41) is 9.39. The van der Waals surface area contributed by atoms with Gasteiger partial charge in [0.1, 0.15) is 0 Å². The van der Waals surface area contributed by atoms with Crippen molar-refractivity contribution in [3.8, 4) is 0 Å². The van der Waals surface area contributed by atoms with Crippen LogP contribution < -0.4 is 16.0 Å². The summed E-state index contributed by atoms with van der Waals surface area (Å²) in [4.78, 5) is 11.7. The van der Waals surface area contributed by atoms with Crippen LogP contribution in [0.3, 0.4) is 0 Å². The van der Waals surface area contributed by atoms with Gasteiger partial charge in [0, 0.05) is 25.7 Å². The molecule has 1 heterocycles. The molecular weight excluding hydrogens is 242 g/mol. The number of carbonyl (C=O) groups excluding carboxylic acids is 1. The van der Waals surface area contributed by atoms with Crippen molar-refractivity contribution < 1.29 is 9.53 Å². The molecule has 1 saturated heterocycles. The van der Waals surface area contributed by atoms with Crippen LogP contribution in [-0.2, 0) is 4.74 Å². The van der Waals surface area contributed by atoms with Crippen LogP contribution in [-0.4, -0.2) is 43.9 Å². The van der Waals surface area contributed by atoms with Gasteiger partial charge < -0.3 is 20.7 Å². The fraction of sp³-hybridized carbons (Fsp3) is 0.929. The number of unbranched alkanes of at least 4 members (excludes halogenated alkanes) is 1. The predicted octanol–water partition coefficient (Wildman–Crippen LogP) is 1.39. The highest BCUT2D eigenvalue weighted by molar-refractivity contribution is 5.74. The maximum absolute atomic E-state index is 11.7. The number of ether oxygens (including phenoxy) is 1. The van der Waals surface area contributed by atoms with Crippen molar-refractivity contribution in [2.45, 2.75) is 57.1 Å². The van der Waals surface area contributed by atoms with E-state index in [-0.39, 0.29) is 11.6 Å². The standard InChI is InChI=1S/C14H27N3O2/c1-2-3-8-16-13(18)17-12-4-6-14(7-5-12)11-15-9-10-19-14/h12,15H,2-11H2,1H3,(H2,16,17,18). The molecule has 0 bridgehead atoms. The van der Waals surface area contributed by atoms with Gasteiger partial charge in [-0.3, -0.25) is 0 Å². The third-order valence-electron chi connectivity index (χ3n) is 4.18. The van der Waals surface area contributed by atoms with E-state index in [0.717, 1.165) is 64.8 Å². The highest BCUT2D eigenvalue weighted by Crippen LogP contribution is 2.32. The summed E-state index contributed by atoms with van der Waals surface area (Å²) < 4.78 is 5.95. The number of morpholine rings is 1. The molecule has 0 aromatic carbocycles. The molecule has 5 heteroatoms. The van der Waals surface area contributed by atoms with Crippen LogP contribution >= 0.6 is 0 Å². The molecule has 0 atom stereocenters. The van der Waals surface area contributed by atoms with Crippen molar-refractivity contribution in [2.75, 3.05) is 26.2 Å². The Kier molecular flexibility index (Phi) is 5.45. The van der Waals surface area contributed by atoms with E-state index in [2.05, 4.69) is 22.9 Å². The zero-order valence-corrected chi connectivity index (χ0v) is 12.0. The first kappa shape index (κ1) is 14.6. The molecular formula is C14H27N3O2. The van der Waals surface area contributed by atoms with E-state index in [1.54, 1.807) is 0 Å². The smallest absolute Gasteiger partial charge is 0.315 e. The Balaban J connectivity index is 1.66. The number of carbonyl (C=O) groups is 1. The first-order valence-electron chi connectivity index (χ1n) is 7.63. The average Bonchev–Trinajstić information content (AvgIpc) is 2.43. The first-order chi connectivity index (χ1) is 9.24. The van der Waals surface area contributed by atoms with Crippen LogP contribution in [0.2, 0.25) is 0 Å². The predicted molar refractivity (Wildman–Crippen MR) is 75.3 cm³/mol. The highest BCUT2D eigenvalue weighted by Gasteiger charge is 2.37. The van der Waals surface area contributed by atoms with Crippen molar-refractivity contribution in [1.29, 1.82) is 0 Å². The van der Waals surface area contributed by atoms with E-state index in [1.165, 1.54) is 0 Å². The van der Waals surface area contributed by atoms with Gasteiger partial charge in [0.05, 0.1) is 12.2 Å². The minimum absolute atomic E-state index is 0.0166. The fourth-order valence-corrected chi connectivity index (χ4v) is 2.93. The Hall–Kier alpha value is -0.810. The molecule has 110 valence electrons. The quantitative estimate of drug-likeness (QED) is 0.676. The molecule has 2 amide bonds. The second-order valence-electron chi connectivity index (χ2n) is 5.74. The zero-order valence-electron chi connectivity index (χ0n) is 12.0. The summed E-state index contributed by atoms with van der Waals surface area (Å²) in [6, 6.07) is 0.287. The van der Waals surface area contributed by atoms with Crippen molar-refractivity contribution in [1.82, 2.24) is 16.0 Å². The van der Waals surface area contributed by atoms with Crippen LogP contribution in [0.5, 0.6) is 0 Å². The molecule has 2 fully saturated rings. The Bertz CT molecular complexity index is 280. The van der Waals surface area contributed by atoms with E-state index in [4.69, 9.17) is 4.74 Å². The number of amides is 2. The molecule has 1 aliphatic carbocycles. The molecule has 3 N–H and O–H groups in total. The molecule has 1 spiro atoms. The van der Waals surface area contributed by atoms with E-state index < -0.39 is 0 Å². The normalized spacial score (nSPS) is 31.1. The third kappa shape index (κ3) is 4.35. The van der Waals surface area contributed by atoms with Gasteiger partial charge in [-0.1, -0.05) is 13.3 Å². The molecule has 5 nitrogen and oxygen atoms in total. The van der Waals surface area contributed by atoms with Crippen molar-refractivity contribution in [3.63, 3.8) is 0 Å². The Morgan fingerprint density at radius 3 is 2.84 bits per heavy atom. The number of hydrogen-bond acceptors (Lipinski definition) is 3. The van der Waals surface area contributed by atoms with E-state index >= 15 is 0 Å². The first-order valence-corrected chi connectivity index (χ1v) is 7.63. The zero-order chi connectivity index (χ0) is 13.6. The lowest BCUT2D eigenvalue weighted by molar-refractivity contribution is -0.0907. The summed E-state index contributed by atoms with van der Waals surface area (Å²) in [6.45, 7) is 5.63. The summed E-state index contributed by atoms with van der Waals surface area (Å²) >= 11 is 0. The number of urea groups is 1. The van der Waals surface area contributed by atoms with Gasteiger partial charge in [0.25, 0.3) is 0 Å². The van der Waals surface area contributed by atoms with Crippen LogP contribution in [0.15, 0.2) is 0 Å². The third-order valence-corrected chi connectivity index (χ3v) is 4.18. The van der Waals surface area contributed by atoms with Gasteiger partial charge in [-0.2, -0.15) is 0 Å². The van der Waals surface area contributed by atoms with Crippen LogP contribution in [0, 0.1) is 0 Å². The van der Waals surface area contributed by atoms with Gasteiger partial charge in [-0.25, -0.2) is 4.79 Å². The van der Waals surface area contributed by atoms with Gasteiger partial charge in [0.2, 0.25) is 0 Å². The van der Waals surface area contributed by atoms with E-state index in [9.17, 15) is 4.79 Å². The van der Waals surface area contributed by atoms with Gasteiger partial charge in [-0.15, -0.1) is 0 Å². The van der Waals surface area contributed by atoms with Gasteiger partial charge >= 0.3 is 6.03 Å². The minimum atomic E-state index is -0.0166. The Labute approximate surface area is 115 Å². The van der Waals surface area contributed by atoms with E-state index in [0.29, 0.717) is 6.04 Å². The fourth-order valence-electron chi connectivity index (χ4n) is 2.93. The summed E-state index contributed by atoms with van der Waals surface area (Å²) in [5.74, 6) is 0. The molecule has 0 radical (unpaired) electrons. The average molecular weight is 269 g/mol. The highest BCUT2D eigenvalue weighted by atomic mass is 16.5. The van der Waals surface area contributed by atoms with Gasteiger partial charge in [0.15, 0.2) is 0 Å². The maximum Gasteiger partial charge on any atom is 0.315 e. The monoisotopic (exact) mass is 269 g/mol. The van der Waals surface area contributed by atoms with Crippen molar-refractivity contribution >= 4 is 6.03 Å². The maximum atomic E-state index is 11.7. The molecule has 2 aliphatic rings. The lowest BCUT2D eigenvalue weighted by atomic mass is 9.81. The Morgan fingerprint density at radius 1 is 1.42 bits per heavy atom. The molecule has 2 rings (SSSR count). The SMILES string of the molecule is CCCCNC(=O)NC1CCC2(CC1)CNCCO2. The minimum Gasteiger partial charge on any atom is -0.372 e. The molecule has 19 heavy (non-hydrogen) atoms. The van der Waals surface area contributed by atoms with Gasteiger partial charge in [-0.05, 0) is 32.1 Å². The molecule has 0 aromatic rings. The van der Waals surface area contributed by atoms with Crippen molar-refractivity contribution in [3.05, 3.63) is 0 Å². The number of rotatable bonds is 4. The molecule has 1 saturated carbocycles. The number of hydrogen-bond donors (Lipinski definition) is 3. The largest absolute Gasteiger partial charge is 0.372 e. The van der Waals surface area contributed by atoms with Crippen molar-refractivity contribution in [2.24, 2.45) is 0 Å².